The number of nitrogens with zero attached hydrogens (tertiary/aromatic N) is 4. The fourth-order valence-corrected chi connectivity index (χ4v) is 6.15. The van der Waals surface area contributed by atoms with Crippen molar-refractivity contribution in [2.45, 2.75) is 45.3 Å². The number of nitrogens with two attached hydrogens (primary N) is 1. The molecule has 1 fully saturated rings. The van der Waals surface area contributed by atoms with Crippen LogP contribution in [0.4, 0.5) is 4.39 Å². The van der Waals surface area contributed by atoms with Gasteiger partial charge in [0.2, 0.25) is 0 Å². The number of ether oxygens (including phenoxy) is 1. The summed E-state index contributed by atoms with van der Waals surface area (Å²) in [5.74, 6) is 1.24. The average Bonchev–Trinajstić information content (AvgIpc) is 3.52. The molecular formula is C32H32FN5O2. The summed E-state index contributed by atoms with van der Waals surface area (Å²) >= 11 is 0. The molecule has 204 valence electrons. The van der Waals surface area contributed by atoms with Crippen LogP contribution in [0.2, 0.25) is 0 Å². The van der Waals surface area contributed by atoms with Crippen molar-refractivity contribution in [3.63, 3.8) is 0 Å². The van der Waals surface area contributed by atoms with Crippen LogP contribution >= 0.6 is 0 Å². The second kappa shape index (κ2) is 9.78. The SMILES string of the molecule is CCc1ccc2cc(-c3nc4cc(C(=O)N5CCCC(N)C5)cc5c4n3CCO5)n(Cc3ccc(F)cc3)c2c1. The molecule has 2 aromatic heterocycles. The monoisotopic (exact) mass is 537 g/mol. The molecular weight excluding hydrogens is 505 g/mol. The van der Waals surface area contributed by atoms with Gasteiger partial charge < -0.3 is 24.5 Å². The number of carbonyl (C=O) groups excluding carboxylic acids is 1. The molecule has 0 aliphatic carbocycles. The number of amides is 1. The third-order valence-corrected chi connectivity index (χ3v) is 8.23. The van der Waals surface area contributed by atoms with Gasteiger partial charge >= 0.3 is 0 Å². The number of aryl methyl sites for hydroxylation is 1. The molecule has 2 N–H and O–H groups in total. The number of likely N-dealkylation sites (tertiary alicyclic amines) is 1. The summed E-state index contributed by atoms with van der Waals surface area (Å²) in [6, 6.07) is 19.2. The molecule has 5 aromatic rings. The molecule has 8 heteroatoms. The van der Waals surface area contributed by atoms with Crippen molar-refractivity contribution < 1.29 is 13.9 Å². The fraction of sp³-hybridized carbons (Fsp3) is 0.312. The molecule has 0 bridgehead atoms. The quantitative estimate of drug-likeness (QED) is 0.327. The minimum Gasteiger partial charge on any atom is -0.489 e. The van der Waals surface area contributed by atoms with Crippen LogP contribution in [0.3, 0.4) is 0 Å². The number of aromatic nitrogens is 3. The number of piperidine rings is 1. The minimum atomic E-state index is -0.247. The molecule has 7 nitrogen and oxygen atoms in total. The summed E-state index contributed by atoms with van der Waals surface area (Å²) in [5.41, 5.74) is 12.7. The molecule has 0 spiro atoms. The van der Waals surface area contributed by atoms with Gasteiger partial charge in [-0.05, 0) is 66.8 Å². The smallest absolute Gasteiger partial charge is 0.254 e. The first-order chi connectivity index (χ1) is 19.5. The minimum absolute atomic E-state index is 0.0121. The summed E-state index contributed by atoms with van der Waals surface area (Å²) in [5, 5.41) is 1.12. The van der Waals surface area contributed by atoms with Gasteiger partial charge in [0, 0.05) is 42.1 Å². The molecule has 0 saturated carbocycles. The second-order valence-electron chi connectivity index (χ2n) is 10.9. The lowest BCUT2D eigenvalue weighted by molar-refractivity contribution is 0.0708. The molecule has 0 radical (unpaired) electrons. The molecule has 7 rings (SSSR count). The Hall–Kier alpha value is -4.17. The molecule has 40 heavy (non-hydrogen) atoms. The Morgan fingerprint density at radius 1 is 1.07 bits per heavy atom. The molecule has 1 atom stereocenters. The van der Waals surface area contributed by atoms with E-state index in [-0.39, 0.29) is 17.8 Å². The highest BCUT2D eigenvalue weighted by molar-refractivity contribution is 6.00. The van der Waals surface area contributed by atoms with Crippen LogP contribution in [-0.2, 0) is 19.5 Å². The Bertz CT molecular complexity index is 1750. The van der Waals surface area contributed by atoms with Crippen LogP contribution in [0.1, 0.15) is 41.3 Å². The fourth-order valence-electron chi connectivity index (χ4n) is 6.15. The predicted octanol–water partition coefficient (Wildman–Crippen LogP) is 5.36. The average molecular weight is 538 g/mol. The normalized spacial score (nSPS) is 17.0. The molecule has 2 aliphatic heterocycles. The number of fused-ring (bicyclic) bond motifs is 1. The molecule has 1 amide bonds. The van der Waals surface area contributed by atoms with Crippen molar-refractivity contribution in [2.75, 3.05) is 19.7 Å². The summed E-state index contributed by atoms with van der Waals surface area (Å²) < 4.78 is 24.2. The van der Waals surface area contributed by atoms with Gasteiger partial charge in [0.05, 0.1) is 17.8 Å². The van der Waals surface area contributed by atoms with Gasteiger partial charge in [-0.25, -0.2) is 9.37 Å². The molecule has 2 aliphatic rings. The van der Waals surface area contributed by atoms with Gasteiger partial charge in [0.15, 0.2) is 5.82 Å². The first-order valence-electron chi connectivity index (χ1n) is 14.1. The van der Waals surface area contributed by atoms with E-state index in [4.69, 9.17) is 15.5 Å². The first-order valence-corrected chi connectivity index (χ1v) is 14.1. The first kappa shape index (κ1) is 24.8. The van der Waals surface area contributed by atoms with E-state index >= 15 is 0 Å². The van der Waals surface area contributed by atoms with E-state index in [0.29, 0.717) is 44.1 Å². The van der Waals surface area contributed by atoms with Gasteiger partial charge in [0.25, 0.3) is 5.91 Å². The zero-order chi connectivity index (χ0) is 27.4. The van der Waals surface area contributed by atoms with Crippen molar-refractivity contribution in [2.24, 2.45) is 5.73 Å². The van der Waals surface area contributed by atoms with Crippen molar-refractivity contribution in [3.05, 3.63) is 83.2 Å². The van der Waals surface area contributed by atoms with Crippen molar-refractivity contribution in [1.82, 2.24) is 19.0 Å². The largest absolute Gasteiger partial charge is 0.489 e. The van der Waals surface area contributed by atoms with E-state index in [0.717, 1.165) is 58.3 Å². The van der Waals surface area contributed by atoms with Crippen molar-refractivity contribution in [3.8, 4) is 17.3 Å². The highest BCUT2D eigenvalue weighted by Crippen LogP contribution is 2.37. The molecule has 1 unspecified atom stereocenters. The van der Waals surface area contributed by atoms with E-state index < -0.39 is 0 Å². The maximum atomic E-state index is 13.7. The zero-order valence-corrected chi connectivity index (χ0v) is 22.6. The van der Waals surface area contributed by atoms with E-state index in [1.165, 1.54) is 17.7 Å². The van der Waals surface area contributed by atoms with E-state index in [2.05, 4.69) is 40.3 Å². The van der Waals surface area contributed by atoms with Gasteiger partial charge in [0.1, 0.15) is 23.7 Å². The van der Waals surface area contributed by atoms with Gasteiger partial charge in [-0.3, -0.25) is 4.79 Å². The van der Waals surface area contributed by atoms with Crippen molar-refractivity contribution in [1.29, 1.82) is 0 Å². The Morgan fingerprint density at radius 3 is 2.70 bits per heavy atom. The zero-order valence-electron chi connectivity index (χ0n) is 22.6. The highest BCUT2D eigenvalue weighted by Gasteiger charge is 2.28. The topological polar surface area (TPSA) is 78.3 Å². The van der Waals surface area contributed by atoms with Crippen LogP contribution in [0.25, 0.3) is 33.5 Å². The van der Waals surface area contributed by atoms with Gasteiger partial charge in [-0.1, -0.05) is 31.2 Å². The summed E-state index contributed by atoms with van der Waals surface area (Å²) in [4.78, 5) is 20.4. The van der Waals surface area contributed by atoms with Crippen LogP contribution in [0.5, 0.6) is 5.75 Å². The second-order valence-corrected chi connectivity index (χ2v) is 10.9. The molecule has 1 saturated heterocycles. The summed E-state index contributed by atoms with van der Waals surface area (Å²) in [7, 11) is 0. The van der Waals surface area contributed by atoms with Crippen LogP contribution in [0.15, 0.2) is 60.7 Å². The van der Waals surface area contributed by atoms with Gasteiger partial charge in [-0.15, -0.1) is 0 Å². The lowest BCUT2D eigenvalue weighted by Crippen LogP contribution is -2.45. The van der Waals surface area contributed by atoms with Crippen LogP contribution in [-0.4, -0.2) is 50.7 Å². The summed E-state index contributed by atoms with van der Waals surface area (Å²) in [6.07, 6.45) is 2.79. The van der Waals surface area contributed by atoms with Crippen LogP contribution in [0, 0.1) is 5.82 Å². The third kappa shape index (κ3) is 4.23. The Labute approximate surface area is 232 Å². The Kier molecular flexibility index (Phi) is 6.08. The number of imidazole rings is 1. The number of hydrogen-bond acceptors (Lipinski definition) is 4. The van der Waals surface area contributed by atoms with E-state index in [9.17, 15) is 9.18 Å². The Balaban J connectivity index is 1.38. The summed E-state index contributed by atoms with van der Waals surface area (Å²) in [6.45, 7) is 5.16. The third-order valence-electron chi connectivity index (χ3n) is 8.23. The number of hydrogen-bond donors (Lipinski definition) is 1. The maximum absolute atomic E-state index is 13.7. The number of carbonyl (C=O) groups is 1. The van der Waals surface area contributed by atoms with Crippen molar-refractivity contribution >= 4 is 27.8 Å². The van der Waals surface area contributed by atoms with E-state index in [1.54, 1.807) is 0 Å². The highest BCUT2D eigenvalue weighted by atomic mass is 19.1. The molecule has 3 aromatic carbocycles. The lowest BCUT2D eigenvalue weighted by Gasteiger charge is -2.31. The lowest BCUT2D eigenvalue weighted by atomic mass is 10.0. The predicted molar refractivity (Wildman–Crippen MR) is 154 cm³/mol. The molecule has 4 heterocycles. The van der Waals surface area contributed by atoms with Gasteiger partial charge in [-0.2, -0.15) is 0 Å². The van der Waals surface area contributed by atoms with E-state index in [1.807, 2.05) is 29.2 Å². The number of benzene rings is 3. The number of halogens is 1. The standard InChI is InChI=1S/C32H32FN5O2/c1-2-20-5-8-22-16-28(38(27(22)14-20)18-21-6-9-24(33)10-7-21)31-35-26-15-23(17-29-30(26)37(31)12-13-40-29)32(39)36-11-3-4-25(34)19-36/h5-10,14-17,25H,2-4,11-13,18-19,34H2,1H3. The number of rotatable bonds is 5. The van der Waals surface area contributed by atoms with Crippen LogP contribution < -0.4 is 10.5 Å². The Morgan fingerprint density at radius 2 is 1.90 bits per heavy atom. The maximum Gasteiger partial charge on any atom is 0.254 e.